The molecule has 0 bridgehead atoms. The van der Waals surface area contributed by atoms with E-state index in [0.29, 0.717) is 12.0 Å². The summed E-state index contributed by atoms with van der Waals surface area (Å²) in [6.07, 6.45) is 5.40. The molecule has 1 atom stereocenters. The number of hydrogen-bond donors (Lipinski definition) is 0. The summed E-state index contributed by atoms with van der Waals surface area (Å²) in [6.45, 7) is 1.71. The number of nitrogens with zero attached hydrogens (tertiary/aromatic N) is 1. The van der Waals surface area contributed by atoms with Gasteiger partial charge < -0.3 is 4.74 Å². The van der Waals surface area contributed by atoms with Crippen LogP contribution in [-0.2, 0) is 14.3 Å². The molecule has 0 aliphatic carbocycles. The van der Waals surface area contributed by atoms with Gasteiger partial charge in [0, 0.05) is 18.2 Å². The number of amides is 1. The minimum absolute atomic E-state index is 0.0395. The fourth-order valence-electron chi connectivity index (χ4n) is 1.52. The topological polar surface area (TPSA) is 46.6 Å². The molecule has 0 radical (unpaired) electrons. The van der Waals surface area contributed by atoms with Gasteiger partial charge in [-0.2, -0.15) is 0 Å². The van der Waals surface area contributed by atoms with Crippen molar-refractivity contribution in [2.24, 2.45) is 0 Å². The van der Waals surface area contributed by atoms with Crippen molar-refractivity contribution in [3.63, 3.8) is 0 Å². The van der Waals surface area contributed by atoms with E-state index in [4.69, 9.17) is 4.74 Å². The zero-order valence-corrected chi connectivity index (χ0v) is 7.90. The molecule has 0 fully saturated rings. The van der Waals surface area contributed by atoms with Gasteiger partial charge >= 0.3 is 0 Å². The van der Waals surface area contributed by atoms with E-state index in [1.165, 1.54) is 4.90 Å². The van der Waals surface area contributed by atoms with Crippen LogP contribution in [0.25, 0.3) is 0 Å². The standard InChI is InChI=1S/C10H11NO3/c1-7-6-11(9(13)5-8(7)12)10-3-2-4-14-10/h2,4,6,10H,3,5H2,1H3. The maximum absolute atomic E-state index is 11.5. The number of Topliss-reactive ketones (excluding diaryl/α,β-unsaturated/α-hetero) is 1. The van der Waals surface area contributed by atoms with Crippen molar-refractivity contribution in [2.45, 2.75) is 26.0 Å². The second kappa shape index (κ2) is 3.29. The van der Waals surface area contributed by atoms with Gasteiger partial charge in [-0.1, -0.05) is 0 Å². The quantitative estimate of drug-likeness (QED) is 0.582. The first kappa shape index (κ1) is 8.99. The third-order valence-corrected chi connectivity index (χ3v) is 2.35. The first-order valence-corrected chi connectivity index (χ1v) is 4.52. The Morgan fingerprint density at radius 3 is 2.93 bits per heavy atom. The van der Waals surface area contributed by atoms with E-state index in [9.17, 15) is 9.59 Å². The molecule has 74 valence electrons. The van der Waals surface area contributed by atoms with Crippen molar-refractivity contribution >= 4 is 11.7 Å². The molecule has 1 unspecified atom stereocenters. The second-order valence-electron chi connectivity index (χ2n) is 3.41. The molecule has 0 aromatic heterocycles. The summed E-state index contributed by atoms with van der Waals surface area (Å²) >= 11 is 0. The number of rotatable bonds is 1. The molecule has 0 spiro atoms. The molecule has 0 aromatic carbocycles. The molecule has 2 aliphatic rings. The number of hydrogen-bond acceptors (Lipinski definition) is 3. The van der Waals surface area contributed by atoms with Gasteiger partial charge in [-0.3, -0.25) is 14.5 Å². The van der Waals surface area contributed by atoms with Gasteiger partial charge in [-0.25, -0.2) is 0 Å². The van der Waals surface area contributed by atoms with E-state index < -0.39 is 0 Å². The lowest BCUT2D eigenvalue weighted by atomic mass is 10.1. The molecule has 4 nitrogen and oxygen atoms in total. The molecule has 1 amide bonds. The summed E-state index contributed by atoms with van der Waals surface area (Å²) in [6, 6.07) is 0. The zero-order chi connectivity index (χ0) is 10.1. The highest BCUT2D eigenvalue weighted by molar-refractivity contribution is 6.09. The summed E-state index contributed by atoms with van der Waals surface area (Å²) < 4.78 is 5.22. The Balaban J connectivity index is 2.18. The van der Waals surface area contributed by atoms with E-state index in [1.807, 2.05) is 6.08 Å². The highest BCUT2D eigenvalue weighted by Gasteiger charge is 2.30. The molecule has 0 saturated heterocycles. The van der Waals surface area contributed by atoms with Crippen molar-refractivity contribution < 1.29 is 14.3 Å². The van der Waals surface area contributed by atoms with Gasteiger partial charge in [0.25, 0.3) is 0 Å². The minimum Gasteiger partial charge on any atom is -0.478 e. The molecule has 2 rings (SSSR count). The van der Waals surface area contributed by atoms with Crippen LogP contribution in [0, 0.1) is 0 Å². The third-order valence-electron chi connectivity index (χ3n) is 2.35. The number of ether oxygens (including phenoxy) is 1. The summed E-state index contributed by atoms with van der Waals surface area (Å²) in [5, 5.41) is 0. The molecule has 14 heavy (non-hydrogen) atoms. The van der Waals surface area contributed by atoms with Crippen LogP contribution in [0.3, 0.4) is 0 Å². The van der Waals surface area contributed by atoms with Crippen LogP contribution < -0.4 is 0 Å². The van der Waals surface area contributed by atoms with Gasteiger partial charge in [-0.15, -0.1) is 0 Å². The minimum atomic E-state index is -0.259. The number of carbonyl (C=O) groups is 2. The smallest absolute Gasteiger partial charge is 0.237 e. The Hall–Kier alpha value is -1.58. The Morgan fingerprint density at radius 1 is 1.50 bits per heavy atom. The lowest BCUT2D eigenvalue weighted by Crippen LogP contribution is -2.40. The molecule has 2 heterocycles. The molecule has 4 heteroatoms. The first-order chi connectivity index (χ1) is 6.68. The Bertz CT molecular complexity index is 335. The van der Waals surface area contributed by atoms with E-state index in [0.717, 1.165) is 0 Å². The van der Waals surface area contributed by atoms with Crippen molar-refractivity contribution in [1.29, 1.82) is 0 Å². The summed E-state index contributed by atoms with van der Waals surface area (Å²) in [4.78, 5) is 24.2. The predicted octanol–water partition coefficient (Wildman–Crippen LogP) is 0.952. The average molecular weight is 193 g/mol. The van der Waals surface area contributed by atoms with Crippen molar-refractivity contribution in [2.75, 3.05) is 0 Å². The molecule has 0 aromatic rings. The summed E-state index contributed by atoms with van der Waals surface area (Å²) in [7, 11) is 0. The molecule has 2 aliphatic heterocycles. The van der Waals surface area contributed by atoms with Crippen molar-refractivity contribution in [3.8, 4) is 0 Å². The van der Waals surface area contributed by atoms with Crippen molar-refractivity contribution in [1.82, 2.24) is 4.90 Å². The van der Waals surface area contributed by atoms with Gasteiger partial charge in [0.05, 0.1) is 12.7 Å². The first-order valence-electron chi connectivity index (χ1n) is 4.52. The number of ketones is 1. The lowest BCUT2D eigenvalue weighted by molar-refractivity contribution is -0.140. The highest BCUT2D eigenvalue weighted by Crippen LogP contribution is 2.20. The van der Waals surface area contributed by atoms with Crippen LogP contribution in [-0.4, -0.2) is 22.8 Å². The van der Waals surface area contributed by atoms with E-state index in [1.54, 1.807) is 19.4 Å². The largest absolute Gasteiger partial charge is 0.478 e. The lowest BCUT2D eigenvalue weighted by Gasteiger charge is -2.28. The Morgan fingerprint density at radius 2 is 2.29 bits per heavy atom. The monoisotopic (exact) mass is 193 g/mol. The van der Waals surface area contributed by atoms with Gasteiger partial charge in [-0.05, 0) is 13.0 Å². The van der Waals surface area contributed by atoms with Crippen LogP contribution in [0.4, 0.5) is 0 Å². The number of carbonyl (C=O) groups excluding carboxylic acids is 2. The third kappa shape index (κ3) is 1.43. The van der Waals surface area contributed by atoms with Crippen LogP contribution >= 0.6 is 0 Å². The van der Waals surface area contributed by atoms with Crippen LogP contribution in [0.15, 0.2) is 24.1 Å². The van der Waals surface area contributed by atoms with E-state index in [2.05, 4.69) is 0 Å². The highest BCUT2D eigenvalue weighted by atomic mass is 16.5. The second-order valence-corrected chi connectivity index (χ2v) is 3.41. The fraction of sp³-hybridized carbons (Fsp3) is 0.400. The normalized spacial score (nSPS) is 26.5. The van der Waals surface area contributed by atoms with Crippen LogP contribution in [0.1, 0.15) is 19.8 Å². The molecule has 0 N–H and O–H groups in total. The average Bonchev–Trinajstić information content (AvgIpc) is 2.64. The Labute approximate surface area is 81.8 Å². The summed E-state index contributed by atoms with van der Waals surface area (Å²) in [5.74, 6) is -0.286. The molecule has 0 saturated carbocycles. The van der Waals surface area contributed by atoms with Gasteiger partial charge in [0.15, 0.2) is 12.0 Å². The van der Waals surface area contributed by atoms with Crippen LogP contribution in [0.2, 0.25) is 0 Å². The maximum Gasteiger partial charge on any atom is 0.237 e. The van der Waals surface area contributed by atoms with Crippen molar-refractivity contribution in [3.05, 3.63) is 24.1 Å². The summed E-state index contributed by atoms with van der Waals surface area (Å²) in [5.41, 5.74) is 0.611. The number of allylic oxidation sites excluding steroid dienone is 1. The maximum atomic E-state index is 11.5. The zero-order valence-electron chi connectivity index (χ0n) is 7.90. The predicted molar refractivity (Wildman–Crippen MR) is 48.9 cm³/mol. The molecular formula is C10H11NO3. The van der Waals surface area contributed by atoms with Gasteiger partial charge in [0.2, 0.25) is 5.91 Å². The SMILES string of the molecule is CC1=CN(C2CC=CO2)C(=O)CC1=O. The molecular weight excluding hydrogens is 182 g/mol. The Kier molecular flexibility index (Phi) is 2.11. The van der Waals surface area contributed by atoms with E-state index >= 15 is 0 Å². The fourth-order valence-corrected chi connectivity index (χ4v) is 1.52. The van der Waals surface area contributed by atoms with Gasteiger partial charge in [0.1, 0.15) is 0 Å². The van der Waals surface area contributed by atoms with Crippen LogP contribution in [0.5, 0.6) is 0 Å². The van der Waals surface area contributed by atoms with E-state index in [-0.39, 0.29) is 24.3 Å².